The summed E-state index contributed by atoms with van der Waals surface area (Å²) in [5.41, 5.74) is 5.87. The van der Waals surface area contributed by atoms with Crippen LogP contribution in [0.15, 0.2) is 41.5 Å². The molecule has 0 atom stereocenters. The number of carbonyl (C=O) groups is 1. The van der Waals surface area contributed by atoms with Crippen LogP contribution in [0.3, 0.4) is 0 Å². The molecule has 8 heteroatoms. The molecule has 1 fully saturated rings. The highest BCUT2D eigenvalue weighted by Crippen LogP contribution is 2.38. The van der Waals surface area contributed by atoms with Crippen LogP contribution in [0.25, 0.3) is 0 Å². The van der Waals surface area contributed by atoms with E-state index in [0.29, 0.717) is 29.4 Å². The fraction of sp³-hybridized carbons (Fsp3) is 0.417. The Bertz CT molecular complexity index is 922. The van der Waals surface area contributed by atoms with Gasteiger partial charge in [-0.05, 0) is 24.6 Å². The van der Waals surface area contributed by atoms with Gasteiger partial charge in [0.15, 0.2) is 11.5 Å². The van der Waals surface area contributed by atoms with Crippen molar-refractivity contribution in [2.75, 3.05) is 54.1 Å². The van der Waals surface area contributed by atoms with Crippen LogP contribution in [-0.4, -0.2) is 76.0 Å². The Kier molecular flexibility index (Phi) is 8.47. The lowest BCUT2D eigenvalue weighted by Gasteiger charge is -2.34. The van der Waals surface area contributed by atoms with Gasteiger partial charge < -0.3 is 14.2 Å². The Morgan fingerprint density at radius 1 is 0.938 bits per heavy atom. The summed E-state index contributed by atoms with van der Waals surface area (Å²) < 4.78 is 16.1. The number of hydrogen-bond acceptors (Lipinski definition) is 7. The number of rotatable bonds is 9. The van der Waals surface area contributed by atoms with E-state index in [0.717, 1.165) is 32.7 Å². The Balaban J connectivity index is 1.46. The first kappa shape index (κ1) is 23.6. The lowest BCUT2D eigenvalue weighted by molar-refractivity contribution is -0.122. The second-order valence-corrected chi connectivity index (χ2v) is 7.75. The Morgan fingerprint density at radius 3 is 2.22 bits per heavy atom. The third-order valence-electron chi connectivity index (χ3n) is 5.49. The normalized spacial score (nSPS) is 15.0. The van der Waals surface area contributed by atoms with Crippen LogP contribution in [0.5, 0.6) is 17.2 Å². The molecular formula is C24H32N4O4. The summed E-state index contributed by atoms with van der Waals surface area (Å²) in [6.45, 7) is 6.94. The highest BCUT2D eigenvalue weighted by molar-refractivity contribution is 5.87. The number of nitrogens with zero attached hydrogens (tertiary/aromatic N) is 3. The summed E-state index contributed by atoms with van der Waals surface area (Å²) in [6.07, 6.45) is 1.54. The largest absolute Gasteiger partial charge is 0.493 e. The molecule has 1 heterocycles. The van der Waals surface area contributed by atoms with E-state index in [4.69, 9.17) is 14.2 Å². The molecular weight excluding hydrogens is 408 g/mol. The van der Waals surface area contributed by atoms with Gasteiger partial charge in [-0.3, -0.25) is 14.6 Å². The van der Waals surface area contributed by atoms with Gasteiger partial charge in [0.25, 0.3) is 5.91 Å². The fourth-order valence-electron chi connectivity index (χ4n) is 3.70. The smallest absolute Gasteiger partial charge is 0.254 e. The predicted molar refractivity (Wildman–Crippen MR) is 125 cm³/mol. The van der Waals surface area contributed by atoms with E-state index >= 15 is 0 Å². The first-order valence-corrected chi connectivity index (χ1v) is 10.6. The molecule has 1 aliphatic rings. The summed E-state index contributed by atoms with van der Waals surface area (Å²) in [5.74, 6) is 1.39. The number of carbonyl (C=O) groups excluding carboxylic acids is 1. The quantitative estimate of drug-likeness (QED) is 0.476. The van der Waals surface area contributed by atoms with Gasteiger partial charge in [0, 0.05) is 38.3 Å². The number of aryl methyl sites for hydroxylation is 1. The van der Waals surface area contributed by atoms with Gasteiger partial charge in [-0.2, -0.15) is 5.10 Å². The van der Waals surface area contributed by atoms with Crippen molar-refractivity contribution in [1.82, 2.24) is 15.2 Å². The first-order chi connectivity index (χ1) is 15.5. The SMILES string of the molecule is COc1ccc(/C=N\NC(=O)CN2CCN(Cc3ccc(C)cc3)CC2)c(OC)c1OC. The number of piperazine rings is 1. The average Bonchev–Trinajstić information content (AvgIpc) is 2.81. The highest BCUT2D eigenvalue weighted by Gasteiger charge is 2.19. The first-order valence-electron chi connectivity index (χ1n) is 10.6. The fourth-order valence-corrected chi connectivity index (χ4v) is 3.70. The zero-order chi connectivity index (χ0) is 22.9. The highest BCUT2D eigenvalue weighted by atomic mass is 16.5. The standard InChI is InChI=1S/C24H32N4O4/c1-18-5-7-19(8-6-18)16-27-11-13-28(14-12-27)17-22(29)26-25-15-20-9-10-21(30-2)24(32-4)23(20)31-3/h5-10,15H,11-14,16-17H2,1-4H3,(H,26,29)/b25-15-. The van der Waals surface area contributed by atoms with E-state index in [-0.39, 0.29) is 5.91 Å². The maximum atomic E-state index is 12.3. The molecule has 0 aliphatic carbocycles. The summed E-state index contributed by atoms with van der Waals surface area (Å²) in [7, 11) is 4.66. The Labute approximate surface area is 189 Å². The van der Waals surface area contributed by atoms with Gasteiger partial charge in [-0.1, -0.05) is 29.8 Å². The molecule has 1 N–H and O–H groups in total. The zero-order valence-corrected chi connectivity index (χ0v) is 19.3. The van der Waals surface area contributed by atoms with E-state index in [1.807, 2.05) is 0 Å². The van der Waals surface area contributed by atoms with Gasteiger partial charge >= 0.3 is 0 Å². The molecule has 172 valence electrons. The molecule has 0 spiro atoms. The van der Waals surface area contributed by atoms with Gasteiger partial charge in [-0.15, -0.1) is 0 Å². The van der Waals surface area contributed by atoms with Crippen molar-refractivity contribution in [3.05, 3.63) is 53.1 Å². The molecule has 0 radical (unpaired) electrons. The van der Waals surface area contributed by atoms with E-state index in [9.17, 15) is 4.79 Å². The van der Waals surface area contributed by atoms with Gasteiger partial charge in [-0.25, -0.2) is 5.43 Å². The minimum atomic E-state index is -0.146. The molecule has 0 saturated carbocycles. The second kappa shape index (κ2) is 11.5. The van der Waals surface area contributed by atoms with E-state index < -0.39 is 0 Å². The molecule has 1 amide bonds. The van der Waals surface area contributed by atoms with Crippen LogP contribution in [0.1, 0.15) is 16.7 Å². The van der Waals surface area contributed by atoms with Crippen LogP contribution in [0, 0.1) is 6.92 Å². The predicted octanol–water partition coefficient (Wildman–Crippen LogP) is 2.29. The summed E-state index contributed by atoms with van der Waals surface area (Å²) in [6, 6.07) is 12.2. The number of ether oxygens (including phenoxy) is 3. The summed E-state index contributed by atoms with van der Waals surface area (Å²) in [5, 5.41) is 4.09. The molecule has 0 bridgehead atoms. The van der Waals surface area contributed by atoms with Crippen LogP contribution in [0.2, 0.25) is 0 Å². The molecule has 3 rings (SSSR count). The lowest BCUT2D eigenvalue weighted by Crippen LogP contribution is -2.48. The topological polar surface area (TPSA) is 75.6 Å². The molecule has 1 aliphatic heterocycles. The van der Waals surface area contributed by atoms with Crippen LogP contribution in [0.4, 0.5) is 0 Å². The third kappa shape index (κ3) is 6.21. The lowest BCUT2D eigenvalue weighted by atomic mass is 10.1. The number of hydrogen-bond donors (Lipinski definition) is 1. The van der Waals surface area contributed by atoms with Gasteiger partial charge in [0.2, 0.25) is 5.75 Å². The molecule has 2 aromatic carbocycles. The Hall–Kier alpha value is -3.10. The third-order valence-corrected chi connectivity index (χ3v) is 5.49. The number of methoxy groups -OCH3 is 3. The Morgan fingerprint density at radius 2 is 1.59 bits per heavy atom. The summed E-state index contributed by atoms with van der Waals surface area (Å²) in [4.78, 5) is 16.9. The maximum absolute atomic E-state index is 12.3. The molecule has 1 saturated heterocycles. The van der Waals surface area contributed by atoms with Crippen molar-refractivity contribution in [3.8, 4) is 17.2 Å². The van der Waals surface area contributed by atoms with Gasteiger partial charge in [0.05, 0.1) is 34.1 Å². The second-order valence-electron chi connectivity index (χ2n) is 7.75. The molecule has 32 heavy (non-hydrogen) atoms. The average molecular weight is 441 g/mol. The number of hydrazone groups is 1. The number of benzene rings is 2. The molecule has 8 nitrogen and oxygen atoms in total. The van der Waals surface area contributed by atoms with Crippen molar-refractivity contribution >= 4 is 12.1 Å². The molecule has 0 unspecified atom stereocenters. The van der Waals surface area contributed by atoms with Crippen molar-refractivity contribution in [1.29, 1.82) is 0 Å². The van der Waals surface area contributed by atoms with Crippen molar-refractivity contribution in [2.45, 2.75) is 13.5 Å². The molecule has 0 aromatic heterocycles. The van der Waals surface area contributed by atoms with E-state index in [1.165, 1.54) is 17.3 Å². The van der Waals surface area contributed by atoms with Crippen molar-refractivity contribution in [3.63, 3.8) is 0 Å². The minimum Gasteiger partial charge on any atom is -0.493 e. The van der Waals surface area contributed by atoms with Crippen LogP contribution in [-0.2, 0) is 11.3 Å². The molecule has 2 aromatic rings. The van der Waals surface area contributed by atoms with Crippen LogP contribution >= 0.6 is 0 Å². The maximum Gasteiger partial charge on any atom is 0.254 e. The van der Waals surface area contributed by atoms with Crippen molar-refractivity contribution in [2.24, 2.45) is 5.10 Å². The monoisotopic (exact) mass is 440 g/mol. The van der Waals surface area contributed by atoms with Gasteiger partial charge in [0.1, 0.15) is 0 Å². The zero-order valence-electron chi connectivity index (χ0n) is 19.3. The number of nitrogens with one attached hydrogen (secondary N) is 1. The summed E-state index contributed by atoms with van der Waals surface area (Å²) >= 11 is 0. The van der Waals surface area contributed by atoms with Crippen LogP contribution < -0.4 is 19.6 Å². The van der Waals surface area contributed by atoms with E-state index in [2.05, 4.69) is 51.5 Å². The number of amides is 1. The van der Waals surface area contributed by atoms with Crippen molar-refractivity contribution < 1.29 is 19.0 Å². The van der Waals surface area contributed by atoms with E-state index in [1.54, 1.807) is 33.5 Å². The minimum absolute atomic E-state index is 0.146.